The van der Waals surface area contributed by atoms with Gasteiger partial charge in [-0.1, -0.05) is 55.8 Å². The maximum absolute atomic E-state index is 13.7. The second-order valence-corrected chi connectivity index (χ2v) is 9.26. The Hall–Kier alpha value is -3.66. The molecule has 0 radical (unpaired) electrons. The van der Waals surface area contributed by atoms with Gasteiger partial charge in [-0.25, -0.2) is 4.90 Å². The Morgan fingerprint density at radius 1 is 0.727 bits per heavy atom. The Bertz CT molecular complexity index is 1260. The van der Waals surface area contributed by atoms with E-state index in [2.05, 4.69) is 25.2 Å². The van der Waals surface area contributed by atoms with Crippen molar-refractivity contribution in [3.63, 3.8) is 0 Å². The zero-order valence-electron chi connectivity index (χ0n) is 20.1. The Balaban J connectivity index is 1.83. The first kappa shape index (κ1) is 22.5. The van der Waals surface area contributed by atoms with E-state index in [0.29, 0.717) is 22.9 Å². The Morgan fingerprint density at radius 3 is 1.94 bits per heavy atom. The van der Waals surface area contributed by atoms with Crippen LogP contribution in [0.3, 0.4) is 0 Å². The predicted molar refractivity (Wildman–Crippen MR) is 135 cm³/mol. The Morgan fingerprint density at radius 2 is 1.36 bits per heavy atom. The SMILES string of the molecule is Cc1cc(C)cc(NC2=C(c3ccc(C)cc3C)C(=O)N(c3ccc(C(C)C)cc3)C2=O)c1. The van der Waals surface area contributed by atoms with Crippen LogP contribution in [0.2, 0.25) is 0 Å². The molecule has 0 spiro atoms. The summed E-state index contributed by atoms with van der Waals surface area (Å²) in [6.07, 6.45) is 0. The summed E-state index contributed by atoms with van der Waals surface area (Å²) in [6.45, 7) is 12.3. The van der Waals surface area contributed by atoms with Gasteiger partial charge in [0.15, 0.2) is 0 Å². The van der Waals surface area contributed by atoms with Crippen molar-refractivity contribution < 1.29 is 9.59 Å². The first-order valence-corrected chi connectivity index (χ1v) is 11.3. The van der Waals surface area contributed by atoms with Gasteiger partial charge >= 0.3 is 0 Å². The van der Waals surface area contributed by atoms with E-state index in [9.17, 15) is 9.59 Å². The lowest BCUT2D eigenvalue weighted by Gasteiger charge is -2.17. The van der Waals surface area contributed by atoms with Crippen LogP contribution >= 0.6 is 0 Å². The molecule has 33 heavy (non-hydrogen) atoms. The topological polar surface area (TPSA) is 49.4 Å². The number of benzene rings is 3. The molecule has 4 rings (SSSR count). The van der Waals surface area contributed by atoms with Gasteiger partial charge in [0.1, 0.15) is 5.70 Å². The van der Waals surface area contributed by atoms with Crippen LogP contribution in [0.15, 0.2) is 66.4 Å². The lowest BCUT2D eigenvalue weighted by Crippen LogP contribution is -2.32. The fourth-order valence-corrected chi connectivity index (χ4v) is 4.42. The summed E-state index contributed by atoms with van der Waals surface area (Å²) in [7, 11) is 0. The van der Waals surface area contributed by atoms with Crippen molar-refractivity contribution in [1.29, 1.82) is 0 Å². The average molecular weight is 439 g/mol. The number of hydrogen-bond acceptors (Lipinski definition) is 3. The molecule has 3 aromatic rings. The van der Waals surface area contributed by atoms with E-state index in [0.717, 1.165) is 39.1 Å². The van der Waals surface area contributed by atoms with Gasteiger partial charge in [-0.15, -0.1) is 0 Å². The molecule has 0 aromatic heterocycles. The molecule has 0 unspecified atom stereocenters. The van der Waals surface area contributed by atoms with E-state index in [-0.39, 0.29) is 11.8 Å². The standard InChI is InChI=1S/C29H30N2O2/c1-17(2)22-8-10-24(11-9-22)31-28(32)26(25-12-7-18(3)14-21(25)6)27(29(31)33)30-23-15-19(4)13-20(5)16-23/h7-17,30H,1-6H3. The molecular formula is C29H30N2O2. The van der Waals surface area contributed by atoms with Crippen LogP contribution in [0.5, 0.6) is 0 Å². The summed E-state index contributed by atoms with van der Waals surface area (Å²) in [5.74, 6) is -0.280. The minimum Gasteiger partial charge on any atom is -0.350 e. The van der Waals surface area contributed by atoms with Crippen molar-refractivity contribution in [1.82, 2.24) is 0 Å². The fourth-order valence-electron chi connectivity index (χ4n) is 4.42. The monoisotopic (exact) mass is 438 g/mol. The van der Waals surface area contributed by atoms with E-state index < -0.39 is 0 Å². The van der Waals surface area contributed by atoms with Crippen molar-refractivity contribution in [3.8, 4) is 0 Å². The molecule has 0 fully saturated rings. The number of hydrogen-bond donors (Lipinski definition) is 1. The first-order chi connectivity index (χ1) is 15.7. The van der Waals surface area contributed by atoms with Gasteiger partial charge in [-0.3, -0.25) is 9.59 Å². The summed E-state index contributed by atoms with van der Waals surface area (Å²) in [6, 6.07) is 19.6. The van der Waals surface area contributed by atoms with Gasteiger partial charge in [0.05, 0.1) is 11.3 Å². The van der Waals surface area contributed by atoms with Crippen LogP contribution in [0.4, 0.5) is 11.4 Å². The lowest BCUT2D eigenvalue weighted by molar-refractivity contribution is -0.120. The molecule has 2 amide bonds. The molecular weight excluding hydrogens is 408 g/mol. The third-order valence-electron chi connectivity index (χ3n) is 6.04. The van der Waals surface area contributed by atoms with Crippen LogP contribution in [-0.2, 0) is 9.59 Å². The number of nitrogens with zero attached hydrogens (tertiary/aromatic N) is 1. The van der Waals surface area contributed by atoms with Gasteiger partial charge in [0.25, 0.3) is 11.8 Å². The van der Waals surface area contributed by atoms with Crippen molar-refractivity contribution >= 4 is 28.8 Å². The minimum atomic E-state index is -0.341. The van der Waals surface area contributed by atoms with Gasteiger partial charge in [-0.2, -0.15) is 0 Å². The number of nitrogens with one attached hydrogen (secondary N) is 1. The summed E-state index contributed by atoms with van der Waals surface area (Å²) in [5.41, 5.74) is 8.27. The smallest absolute Gasteiger partial charge is 0.282 e. The normalized spacial score (nSPS) is 14.0. The second-order valence-electron chi connectivity index (χ2n) is 9.26. The maximum Gasteiger partial charge on any atom is 0.282 e. The molecule has 0 aliphatic carbocycles. The fraction of sp³-hybridized carbons (Fsp3) is 0.241. The van der Waals surface area contributed by atoms with Gasteiger partial charge in [-0.05, 0) is 85.7 Å². The molecule has 1 aliphatic heterocycles. The highest BCUT2D eigenvalue weighted by atomic mass is 16.2. The molecule has 0 saturated heterocycles. The highest BCUT2D eigenvalue weighted by molar-refractivity contribution is 6.46. The highest BCUT2D eigenvalue weighted by Gasteiger charge is 2.40. The molecule has 0 atom stereocenters. The van der Waals surface area contributed by atoms with Crippen molar-refractivity contribution in [2.24, 2.45) is 0 Å². The number of anilines is 2. The van der Waals surface area contributed by atoms with Crippen LogP contribution in [0.1, 0.15) is 53.1 Å². The summed E-state index contributed by atoms with van der Waals surface area (Å²) < 4.78 is 0. The predicted octanol–water partition coefficient (Wildman–Crippen LogP) is 6.44. The largest absolute Gasteiger partial charge is 0.350 e. The number of amides is 2. The van der Waals surface area contributed by atoms with Crippen molar-refractivity contribution in [2.45, 2.75) is 47.5 Å². The van der Waals surface area contributed by atoms with Crippen LogP contribution in [0, 0.1) is 27.7 Å². The van der Waals surface area contributed by atoms with E-state index in [1.807, 2.05) is 82.3 Å². The quantitative estimate of drug-likeness (QED) is 0.466. The summed E-state index contributed by atoms with van der Waals surface area (Å²) in [4.78, 5) is 28.7. The molecule has 1 aliphatic rings. The minimum absolute atomic E-state index is 0.309. The van der Waals surface area contributed by atoms with E-state index >= 15 is 0 Å². The molecule has 4 nitrogen and oxygen atoms in total. The van der Waals surface area contributed by atoms with Gasteiger partial charge in [0, 0.05) is 5.69 Å². The third kappa shape index (κ3) is 4.34. The van der Waals surface area contributed by atoms with Gasteiger partial charge in [0.2, 0.25) is 0 Å². The number of carbonyl (C=O) groups is 2. The molecule has 1 heterocycles. The second kappa shape index (κ2) is 8.70. The summed E-state index contributed by atoms with van der Waals surface area (Å²) in [5, 5.41) is 3.29. The molecule has 3 aromatic carbocycles. The van der Waals surface area contributed by atoms with Crippen LogP contribution < -0.4 is 10.2 Å². The zero-order valence-corrected chi connectivity index (χ0v) is 20.1. The number of carbonyl (C=O) groups excluding carboxylic acids is 2. The Kier molecular flexibility index (Phi) is 5.94. The Labute approximate surface area is 195 Å². The molecule has 1 N–H and O–H groups in total. The molecule has 0 bridgehead atoms. The van der Waals surface area contributed by atoms with Gasteiger partial charge < -0.3 is 5.32 Å². The third-order valence-corrected chi connectivity index (χ3v) is 6.04. The van der Waals surface area contributed by atoms with E-state index in [1.54, 1.807) is 0 Å². The van der Waals surface area contributed by atoms with Crippen LogP contribution in [0.25, 0.3) is 5.57 Å². The molecule has 4 heteroatoms. The molecule has 168 valence electrons. The van der Waals surface area contributed by atoms with E-state index in [1.165, 1.54) is 4.90 Å². The summed E-state index contributed by atoms with van der Waals surface area (Å²) >= 11 is 0. The van der Waals surface area contributed by atoms with Crippen molar-refractivity contribution in [3.05, 3.63) is 99.7 Å². The highest BCUT2D eigenvalue weighted by Crippen LogP contribution is 2.36. The molecule has 0 saturated carbocycles. The number of rotatable bonds is 5. The maximum atomic E-state index is 13.7. The number of aryl methyl sites for hydroxylation is 4. The number of imide groups is 1. The first-order valence-electron chi connectivity index (χ1n) is 11.3. The lowest BCUT2D eigenvalue weighted by atomic mass is 9.97. The average Bonchev–Trinajstić information content (AvgIpc) is 2.97. The van der Waals surface area contributed by atoms with E-state index in [4.69, 9.17) is 0 Å². The van der Waals surface area contributed by atoms with Crippen molar-refractivity contribution in [2.75, 3.05) is 10.2 Å². The van der Waals surface area contributed by atoms with Crippen LogP contribution in [-0.4, -0.2) is 11.8 Å². The zero-order chi connectivity index (χ0) is 23.9.